The summed E-state index contributed by atoms with van der Waals surface area (Å²) < 4.78 is 2.27. The van der Waals surface area contributed by atoms with Crippen molar-refractivity contribution in [2.45, 2.75) is 25.9 Å². The van der Waals surface area contributed by atoms with Crippen LogP contribution in [0.2, 0.25) is 5.02 Å². The first kappa shape index (κ1) is 23.4. The zero-order chi connectivity index (χ0) is 24.7. The molecule has 2 aromatic heterocycles. The van der Waals surface area contributed by atoms with E-state index in [9.17, 15) is 0 Å². The molecule has 0 radical (unpaired) electrons. The van der Waals surface area contributed by atoms with Gasteiger partial charge in [-0.2, -0.15) is 0 Å². The van der Waals surface area contributed by atoms with E-state index in [1.54, 1.807) is 0 Å². The lowest BCUT2D eigenvalue weighted by molar-refractivity contribution is 0.565. The molecule has 0 amide bonds. The van der Waals surface area contributed by atoms with Crippen LogP contribution in [0.4, 0.5) is 11.4 Å². The minimum absolute atomic E-state index is 0.0603. The third-order valence-electron chi connectivity index (χ3n) is 6.62. The van der Waals surface area contributed by atoms with E-state index in [-0.39, 0.29) is 12.1 Å². The molecule has 5 rings (SSSR count). The Bertz CT molecular complexity index is 1350. The molecule has 5 nitrogen and oxygen atoms in total. The van der Waals surface area contributed by atoms with Crippen LogP contribution in [0.15, 0.2) is 79.0 Å². The Hall–Kier alpha value is -3.35. The molecule has 1 saturated heterocycles. The summed E-state index contributed by atoms with van der Waals surface area (Å²) in [5, 5.41) is 4.99. The molecule has 4 aromatic rings. The molecule has 0 aliphatic carbocycles. The summed E-state index contributed by atoms with van der Waals surface area (Å²) in [6, 6.07) is 24.6. The van der Waals surface area contributed by atoms with Crippen molar-refractivity contribution < 1.29 is 0 Å². The Morgan fingerprint density at radius 3 is 2.26 bits per heavy atom. The fourth-order valence-corrected chi connectivity index (χ4v) is 5.41. The molecule has 0 spiro atoms. The Kier molecular flexibility index (Phi) is 6.26. The summed E-state index contributed by atoms with van der Waals surface area (Å²) >= 11 is 12.1. The molecular weight excluding hydrogens is 474 g/mol. The van der Waals surface area contributed by atoms with E-state index in [0.717, 1.165) is 39.2 Å². The number of anilines is 2. The van der Waals surface area contributed by atoms with Gasteiger partial charge >= 0.3 is 0 Å². The molecule has 178 valence electrons. The van der Waals surface area contributed by atoms with Crippen LogP contribution in [0.5, 0.6) is 0 Å². The number of aromatic nitrogens is 2. The average Bonchev–Trinajstić information content (AvgIpc) is 3.35. The van der Waals surface area contributed by atoms with Gasteiger partial charge in [-0.1, -0.05) is 17.7 Å². The maximum absolute atomic E-state index is 6.16. The first-order valence-electron chi connectivity index (χ1n) is 11.6. The molecule has 7 heteroatoms. The quantitative estimate of drug-likeness (QED) is 0.321. The number of thiocarbonyl (C=S) groups is 1. The minimum Gasteiger partial charge on any atom is -0.378 e. The third-order valence-corrected chi connectivity index (χ3v) is 7.18. The van der Waals surface area contributed by atoms with Crippen molar-refractivity contribution in [3.05, 3.63) is 107 Å². The molecule has 1 fully saturated rings. The van der Waals surface area contributed by atoms with Gasteiger partial charge in [0.1, 0.15) is 0 Å². The number of pyridine rings is 1. The third kappa shape index (κ3) is 4.28. The van der Waals surface area contributed by atoms with Gasteiger partial charge in [-0.25, -0.2) is 0 Å². The topological polar surface area (TPSA) is 36.3 Å². The number of halogens is 1. The Morgan fingerprint density at radius 1 is 0.943 bits per heavy atom. The molecule has 0 unspecified atom stereocenters. The standard InChI is InChI=1S/C28H28ClN5S/c1-18-17-24(19(2)33(18)22-10-8-20(29)9-11-22)27-26(25-7-5-6-16-30-25)31-28(35)34(27)23-14-12-21(13-15-23)32(3)4/h5-17,26-27H,1-4H3,(H,31,35)/t26-,27-/m1/s1. The van der Waals surface area contributed by atoms with Gasteiger partial charge in [0.15, 0.2) is 5.11 Å². The van der Waals surface area contributed by atoms with Crippen LogP contribution < -0.4 is 15.1 Å². The lowest BCUT2D eigenvalue weighted by Gasteiger charge is -2.28. The fraction of sp³-hybridized carbons (Fsp3) is 0.214. The second kappa shape index (κ2) is 9.36. The zero-order valence-electron chi connectivity index (χ0n) is 20.2. The van der Waals surface area contributed by atoms with Gasteiger partial charge < -0.3 is 19.7 Å². The molecular formula is C28H28ClN5S. The average molecular weight is 502 g/mol. The maximum atomic E-state index is 6.16. The van der Waals surface area contributed by atoms with Crippen molar-refractivity contribution in [3.8, 4) is 5.69 Å². The van der Waals surface area contributed by atoms with Crippen molar-refractivity contribution in [1.29, 1.82) is 0 Å². The van der Waals surface area contributed by atoms with Crippen molar-refractivity contribution in [1.82, 2.24) is 14.9 Å². The highest BCUT2D eigenvalue weighted by Crippen LogP contribution is 2.44. The molecule has 0 saturated carbocycles. The zero-order valence-corrected chi connectivity index (χ0v) is 21.8. The van der Waals surface area contributed by atoms with Gasteiger partial charge in [0.25, 0.3) is 0 Å². The van der Waals surface area contributed by atoms with Crippen molar-refractivity contribution >= 4 is 40.3 Å². The van der Waals surface area contributed by atoms with E-state index < -0.39 is 0 Å². The molecule has 3 heterocycles. The summed E-state index contributed by atoms with van der Waals surface area (Å²) in [5.41, 5.74) is 7.76. The van der Waals surface area contributed by atoms with Gasteiger partial charge in [0.05, 0.1) is 17.8 Å². The van der Waals surface area contributed by atoms with E-state index >= 15 is 0 Å². The van der Waals surface area contributed by atoms with Gasteiger partial charge in [-0.15, -0.1) is 0 Å². The molecule has 1 N–H and O–H groups in total. The lowest BCUT2D eigenvalue weighted by Crippen LogP contribution is -2.29. The summed E-state index contributed by atoms with van der Waals surface area (Å²) in [4.78, 5) is 9.01. The number of benzene rings is 2. The van der Waals surface area contributed by atoms with Gasteiger partial charge in [0, 0.05) is 53.8 Å². The van der Waals surface area contributed by atoms with Crippen LogP contribution in [-0.2, 0) is 0 Å². The number of rotatable bonds is 5. The van der Waals surface area contributed by atoms with Crippen LogP contribution in [0.3, 0.4) is 0 Å². The second-order valence-electron chi connectivity index (χ2n) is 9.05. The highest BCUT2D eigenvalue weighted by atomic mass is 35.5. The molecule has 2 aromatic carbocycles. The Labute approximate surface area is 217 Å². The Balaban J connectivity index is 1.65. The minimum atomic E-state index is -0.0867. The van der Waals surface area contributed by atoms with Crippen LogP contribution >= 0.6 is 23.8 Å². The summed E-state index contributed by atoms with van der Waals surface area (Å²) in [7, 11) is 4.09. The van der Waals surface area contributed by atoms with E-state index in [2.05, 4.69) is 87.0 Å². The smallest absolute Gasteiger partial charge is 0.174 e. The van der Waals surface area contributed by atoms with Crippen molar-refractivity contribution in [2.24, 2.45) is 0 Å². The van der Waals surface area contributed by atoms with Crippen LogP contribution in [-0.4, -0.2) is 28.8 Å². The van der Waals surface area contributed by atoms with E-state index in [4.69, 9.17) is 23.8 Å². The van der Waals surface area contributed by atoms with Gasteiger partial charge in [0.2, 0.25) is 0 Å². The Morgan fingerprint density at radius 2 is 1.63 bits per heavy atom. The first-order valence-corrected chi connectivity index (χ1v) is 12.4. The normalized spacial score (nSPS) is 17.5. The number of nitrogens with one attached hydrogen (secondary N) is 1. The molecule has 1 aliphatic heterocycles. The largest absolute Gasteiger partial charge is 0.378 e. The maximum Gasteiger partial charge on any atom is 0.174 e. The number of nitrogens with zero attached hydrogens (tertiary/aromatic N) is 4. The molecule has 2 atom stereocenters. The number of aryl methyl sites for hydroxylation is 1. The summed E-state index contributed by atoms with van der Waals surface area (Å²) in [5.74, 6) is 0. The second-order valence-corrected chi connectivity index (χ2v) is 9.87. The first-order chi connectivity index (χ1) is 16.8. The van der Waals surface area contributed by atoms with E-state index in [1.165, 1.54) is 5.56 Å². The summed E-state index contributed by atoms with van der Waals surface area (Å²) in [6.07, 6.45) is 1.84. The van der Waals surface area contributed by atoms with E-state index in [1.807, 2.05) is 44.6 Å². The predicted molar refractivity (Wildman–Crippen MR) is 149 cm³/mol. The number of hydrogen-bond acceptors (Lipinski definition) is 3. The lowest BCUT2D eigenvalue weighted by atomic mass is 9.96. The van der Waals surface area contributed by atoms with Crippen LogP contribution in [0.25, 0.3) is 5.69 Å². The van der Waals surface area contributed by atoms with Crippen LogP contribution in [0, 0.1) is 13.8 Å². The van der Waals surface area contributed by atoms with Crippen molar-refractivity contribution in [3.63, 3.8) is 0 Å². The number of hydrogen-bond donors (Lipinski definition) is 1. The summed E-state index contributed by atoms with van der Waals surface area (Å²) in [6.45, 7) is 4.30. The SMILES string of the molecule is Cc1cc([C@@H]2[C@@H](c3ccccn3)NC(=S)N2c2ccc(N(C)C)cc2)c(C)n1-c1ccc(Cl)cc1. The highest BCUT2D eigenvalue weighted by molar-refractivity contribution is 7.80. The fourth-order valence-electron chi connectivity index (χ4n) is 4.93. The molecule has 35 heavy (non-hydrogen) atoms. The van der Waals surface area contributed by atoms with Gasteiger partial charge in [-0.3, -0.25) is 4.98 Å². The molecule has 0 bridgehead atoms. The van der Waals surface area contributed by atoms with Gasteiger partial charge in [-0.05, 0) is 98.4 Å². The molecule has 1 aliphatic rings. The highest BCUT2D eigenvalue weighted by Gasteiger charge is 2.42. The van der Waals surface area contributed by atoms with Crippen LogP contribution in [0.1, 0.15) is 34.7 Å². The van der Waals surface area contributed by atoms with E-state index in [0.29, 0.717) is 5.11 Å². The predicted octanol–water partition coefficient (Wildman–Crippen LogP) is 6.39. The monoisotopic (exact) mass is 501 g/mol. The van der Waals surface area contributed by atoms with Crippen molar-refractivity contribution in [2.75, 3.05) is 23.9 Å².